The molecule has 110 valence electrons. The smallest absolute Gasteiger partial charge is 0.220 e. The lowest BCUT2D eigenvalue weighted by Crippen LogP contribution is -2.38. The molecule has 0 aliphatic carbocycles. The average Bonchev–Trinajstić information content (AvgIpc) is 2.97. The first-order valence-corrected chi connectivity index (χ1v) is 7.24. The van der Waals surface area contributed by atoms with E-state index in [9.17, 15) is 4.79 Å². The van der Waals surface area contributed by atoms with Crippen LogP contribution in [-0.2, 0) is 11.3 Å². The largest absolute Gasteiger partial charge is 0.369 e. The first-order chi connectivity index (χ1) is 10.2. The van der Waals surface area contributed by atoms with Gasteiger partial charge in [-0.3, -0.25) is 9.69 Å². The molecular formula is C16H19N3O2. The van der Waals surface area contributed by atoms with Gasteiger partial charge in [0.15, 0.2) is 5.76 Å². The second-order valence-electron chi connectivity index (χ2n) is 5.50. The lowest BCUT2D eigenvalue weighted by atomic mass is 9.96. The van der Waals surface area contributed by atoms with Crippen molar-refractivity contribution in [1.82, 2.24) is 10.1 Å². The number of primary amides is 1. The van der Waals surface area contributed by atoms with Crippen LogP contribution in [0.1, 0.15) is 18.4 Å². The molecule has 1 aliphatic heterocycles. The highest BCUT2D eigenvalue weighted by atomic mass is 16.5. The standard InChI is InChI=1S/C16H19N3O2/c17-16(20)13-6-8-19(9-7-13)11-14-10-18-21-15(14)12-4-2-1-3-5-12/h1-5,10,13H,6-9,11H2,(H2,17,20). The van der Waals surface area contributed by atoms with E-state index < -0.39 is 0 Å². The number of carbonyl (C=O) groups excluding carboxylic acids is 1. The first kappa shape index (κ1) is 13.8. The zero-order valence-electron chi connectivity index (χ0n) is 11.9. The van der Waals surface area contributed by atoms with E-state index in [2.05, 4.69) is 10.1 Å². The summed E-state index contributed by atoms with van der Waals surface area (Å²) in [7, 11) is 0. The van der Waals surface area contributed by atoms with Gasteiger partial charge >= 0.3 is 0 Å². The molecule has 5 heteroatoms. The van der Waals surface area contributed by atoms with Crippen LogP contribution < -0.4 is 5.73 Å². The molecule has 21 heavy (non-hydrogen) atoms. The predicted molar refractivity (Wildman–Crippen MR) is 79.1 cm³/mol. The SMILES string of the molecule is NC(=O)C1CCN(Cc2cnoc2-c2ccccc2)CC1. The van der Waals surface area contributed by atoms with Gasteiger partial charge in [0.25, 0.3) is 0 Å². The molecule has 2 N–H and O–H groups in total. The molecule has 0 bridgehead atoms. The van der Waals surface area contributed by atoms with E-state index in [-0.39, 0.29) is 11.8 Å². The number of carbonyl (C=O) groups is 1. The number of hydrogen-bond acceptors (Lipinski definition) is 4. The van der Waals surface area contributed by atoms with Crippen LogP contribution in [0.2, 0.25) is 0 Å². The Morgan fingerprint density at radius 1 is 1.29 bits per heavy atom. The number of amides is 1. The Kier molecular flexibility index (Phi) is 4.01. The second-order valence-corrected chi connectivity index (χ2v) is 5.50. The van der Waals surface area contributed by atoms with E-state index in [1.54, 1.807) is 6.20 Å². The van der Waals surface area contributed by atoms with E-state index in [4.69, 9.17) is 10.3 Å². The molecule has 1 fully saturated rings. The van der Waals surface area contributed by atoms with Gasteiger partial charge in [0.05, 0.1) is 6.20 Å². The van der Waals surface area contributed by atoms with Crippen molar-refractivity contribution in [3.05, 3.63) is 42.1 Å². The summed E-state index contributed by atoms with van der Waals surface area (Å²) in [6.07, 6.45) is 3.45. The third-order valence-electron chi connectivity index (χ3n) is 4.06. The molecule has 2 aromatic rings. The van der Waals surface area contributed by atoms with Crippen LogP contribution in [-0.4, -0.2) is 29.1 Å². The monoisotopic (exact) mass is 285 g/mol. The molecule has 0 atom stereocenters. The Labute approximate surface area is 123 Å². The highest BCUT2D eigenvalue weighted by molar-refractivity contribution is 5.76. The normalized spacial score (nSPS) is 17.0. The lowest BCUT2D eigenvalue weighted by Gasteiger charge is -2.30. The van der Waals surface area contributed by atoms with Crippen LogP contribution in [0.25, 0.3) is 11.3 Å². The number of rotatable bonds is 4. The fourth-order valence-electron chi connectivity index (χ4n) is 2.82. The van der Waals surface area contributed by atoms with Gasteiger partial charge in [-0.1, -0.05) is 35.5 Å². The minimum atomic E-state index is -0.176. The number of nitrogens with zero attached hydrogens (tertiary/aromatic N) is 2. The summed E-state index contributed by atoms with van der Waals surface area (Å²) in [6.45, 7) is 2.55. The fourth-order valence-corrected chi connectivity index (χ4v) is 2.82. The summed E-state index contributed by atoms with van der Waals surface area (Å²) in [5.41, 5.74) is 7.49. The van der Waals surface area contributed by atoms with Crippen molar-refractivity contribution < 1.29 is 9.32 Å². The quantitative estimate of drug-likeness (QED) is 0.933. The van der Waals surface area contributed by atoms with Crippen molar-refractivity contribution in [3.8, 4) is 11.3 Å². The molecule has 1 saturated heterocycles. The Hall–Kier alpha value is -2.14. The van der Waals surface area contributed by atoms with Crippen LogP contribution in [0, 0.1) is 5.92 Å². The minimum Gasteiger partial charge on any atom is -0.369 e. The van der Waals surface area contributed by atoms with Crippen molar-refractivity contribution >= 4 is 5.91 Å². The molecular weight excluding hydrogens is 266 g/mol. The summed E-state index contributed by atoms with van der Waals surface area (Å²) >= 11 is 0. The summed E-state index contributed by atoms with van der Waals surface area (Å²) in [5.74, 6) is 0.676. The second kappa shape index (κ2) is 6.10. The molecule has 1 aromatic carbocycles. The molecule has 0 saturated carbocycles. The summed E-state index contributed by atoms with van der Waals surface area (Å²) in [5, 5.41) is 3.93. The maximum absolute atomic E-state index is 11.2. The van der Waals surface area contributed by atoms with Crippen molar-refractivity contribution in [3.63, 3.8) is 0 Å². The van der Waals surface area contributed by atoms with Crippen molar-refractivity contribution in [2.24, 2.45) is 11.7 Å². The third kappa shape index (κ3) is 3.13. The zero-order valence-corrected chi connectivity index (χ0v) is 11.9. The molecule has 0 radical (unpaired) electrons. The molecule has 0 spiro atoms. The Morgan fingerprint density at radius 3 is 2.67 bits per heavy atom. The number of likely N-dealkylation sites (tertiary alicyclic amines) is 1. The lowest BCUT2D eigenvalue weighted by molar-refractivity contribution is -0.123. The highest BCUT2D eigenvalue weighted by Gasteiger charge is 2.24. The number of aromatic nitrogens is 1. The Morgan fingerprint density at radius 2 is 2.00 bits per heavy atom. The van der Waals surface area contributed by atoms with Crippen LogP contribution in [0.3, 0.4) is 0 Å². The van der Waals surface area contributed by atoms with Gasteiger partial charge in [-0.15, -0.1) is 0 Å². The van der Waals surface area contributed by atoms with E-state index in [0.717, 1.165) is 49.4 Å². The van der Waals surface area contributed by atoms with E-state index in [0.29, 0.717) is 0 Å². The van der Waals surface area contributed by atoms with Gasteiger partial charge in [0, 0.05) is 23.6 Å². The van der Waals surface area contributed by atoms with Crippen LogP contribution in [0.4, 0.5) is 0 Å². The number of piperidine rings is 1. The van der Waals surface area contributed by atoms with Crippen molar-refractivity contribution in [2.45, 2.75) is 19.4 Å². The van der Waals surface area contributed by atoms with Crippen molar-refractivity contribution in [2.75, 3.05) is 13.1 Å². The van der Waals surface area contributed by atoms with E-state index in [1.165, 1.54) is 0 Å². The summed E-state index contributed by atoms with van der Waals surface area (Å²) < 4.78 is 5.40. The average molecular weight is 285 g/mol. The van der Waals surface area contributed by atoms with Gasteiger partial charge < -0.3 is 10.3 Å². The summed E-state index contributed by atoms with van der Waals surface area (Å²) in [4.78, 5) is 13.5. The molecule has 0 unspecified atom stereocenters. The number of benzene rings is 1. The van der Waals surface area contributed by atoms with Gasteiger partial charge in [0.1, 0.15) is 0 Å². The van der Waals surface area contributed by atoms with Gasteiger partial charge in [-0.05, 0) is 25.9 Å². The fraction of sp³-hybridized carbons (Fsp3) is 0.375. The molecule has 3 rings (SSSR count). The van der Waals surface area contributed by atoms with E-state index >= 15 is 0 Å². The third-order valence-corrected chi connectivity index (χ3v) is 4.06. The Balaban J connectivity index is 1.67. The summed E-state index contributed by atoms with van der Waals surface area (Å²) in [6, 6.07) is 9.99. The molecule has 5 nitrogen and oxygen atoms in total. The molecule has 2 heterocycles. The van der Waals surface area contributed by atoms with Gasteiger partial charge in [-0.2, -0.15) is 0 Å². The topological polar surface area (TPSA) is 72.4 Å². The van der Waals surface area contributed by atoms with Crippen LogP contribution >= 0.6 is 0 Å². The zero-order chi connectivity index (χ0) is 14.7. The van der Waals surface area contributed by atoms with Crippen molar-refractivity contribution in [1.29, 1.82) is 0 Å². The molecule has 1 amide bonds. The van der Waals surface area contributed by atoms with Gasteiger partial charge in [0.2, 0.25) is 5.91 Å². The Bertz CT molecular complexity index is 601. The number of hydrogen-bond donors (Lipinski definition) is 1. The van der Waals surface area contributed by atoms with Crippen LogP contribution in [0.5, 0.6) is 0 Å². The highest BCUT2D eigenvalue weighted by Crippen LogP contribution is 2.26. The molecule has 1 aromatic heterocycles. The van der Waals surface area contributed by atoms with Crippen LogP contribution in [0.15, 0.2) is 41.1 Å². The minimum absolute atomic E-state index is 0.0253. The van der Waals surface area contributed by atoms with Gasteiger partial charge in [-0.25, -0.2) is 0 Å². The maximum atomic E-state index is 11.2. The van der Waals surface area contributed by atoms with E-state index in [1.807, 2.05) is 30.3 Å². The predicted octanol–water partition coefficient (Wildman–Crippen LogP) is 2.04. The number of nitrogens with two attached hydrogens (primary N) is 1. The molecule has 1 aliphatic rings. The first-order valence-electron chi connectivity index (χ1n) is 7.24. The maximum Gasteiger partial charge on any atom is 0.220 e.